The predicted octanol–water partition coefficient (Wildman–Crippen LogP) is 4.23. The summed E-state index contributed by atoms with van der Waals surface area (Å²) < 4.78 is 21.6. The predicted molar refractivity (Wildman–Crippen MR) is 130 cm³/mol. The molecule has 0 aromatic heterocycles. The summed E-state index contributed by atoms with van der Waals surface area (Å²) >= 11 is 0. The molecule has 0 spiro atoms. The van der Waals surface area contributed by atoms with Crippen LogP contribution in [0.15, 0.2) is 60.0 Å². The van der Waals surface area contributed by atoms with Crippen molar-refractivity contribution in [2.75, 3.05) is 42.0 Å². The first-order valence-electron chi connectivity index (χ1n) is 10.7. The van der Waals surface area contributed by atoms with Crippen molar-refractivity contribution in [2.45, 2.75) is 26.8 Å². The summed E-state index contributed by atoms with van der Waals surface area (Å²) in [7, 11) is -2.63. The molecule has 1 saturated heterocycles. The molecule has 2 aromatic carbocycles. The summed E-state index contributed by atoms with van der Waals surface area (Å²) in [6.07, 6.45) is 1.81. The summed E-state index contributed by atoms with van der Waals surface area (Å²) in [5.74, 6) is 4.83. The third-order valence-corrected chi connectivity index (χ3v) is 7.02. The van der Waals surface area contributed by atoms with Crippen LogP contribution in [0.2, 0.25) is 0 Å². The number of hydrogen-bond donors (Lipinski definition) is 1. The minimum Gasteiger partial charge on any atom is -0.489 e. The van der Waals surface area contributed by atoms with Gasteiger partial charge in [0, 0.05) is 43.3 Å². The van der Waals surface area contributed by atoms with E-state index in [0.29, 0.717) is 6.61 Å². The van der Waals surface area contributed by atoms with Gasteiger partial charge in [-0.2, -0.15) is 0 Å². The highest BCUT2D eigenvalue weighted by atomic mass is 32.2. The molecule has 0 amide bonds. The molecule has 0 radical (unpaired) electrons. The Morgan fingerprint density at radius 2 is 1.83 bits per heavy atom. The lowest BCUT2D eigenvalue weighted by Crippen LogP contribution is -2.43. The molecule has 0 saturated carbocycles. The smallest absolute Gasteiger partial charge is 0.145 e. The number of fused-ring (bicyclic) bond motifs is 1. The van der Waals surface area contributed by atoms with Crippen LogP contribution in [0.3, 0.4) is 0 Å². The van der Waals surface area contributed by atoms with E-state index in [1.54, 1.807) is 5.41 Å². The molecule has 6 heteroatoms. The molecule has 4 rings (SSSR count). The fourth-order valence-corrected chi connectivity index (χ4v) is 5.54. The number of nitrogens with one attached hydrogen (secondary N) is 1. The Morgan fingerprint density at radius 1 is 1.13 bits per heavy atom. The van der Waals surface area contributed by atoms with Crippen LogP contribution < -0.4 is 19.3 Å². The van der Waals surface area contributed by atoms with Gasteiger partial charge in [0.1, 0.15) is 18.4 Å². The normalized spacial score (nSPS) is 20.6. The average molecular weight is 428 g/mol. The molecular formula is C24H33N3O2S. The van der Waals surface area contributed by atoms with Gasteiger partial charge in [-0.25, -0.2) is 4.21 Å². The highest BCUT2D eigenvalue weighted by molar-refractivity contribution is 8.04. The maximum atomic E-state index is 13.5. The van der Waals surface area contributed by atoms with Crippen molar-refractivity contribution < 1.29 is 8.95 Å². The lowest BCUT2D eigenvalue weighted by atomic mass is 10.1. The SMILES string of the molecule is C=S(=O)(/C=C/C)N1c2ccc(N3CCNCC3)cc2OCC1c1ccccc1.CC. The minimum atomic E-state index is -2.63. The zero-order valence-corrected chi connectivity index (χ0v) is 19.0. The van der Waals surface area contributed by atoms with Gasteiger partial charge < -0.3 is 15.0 Å². The van der Waals surface area contributed by atoms with E-state index < -0.39 is 9.71 Å². The molecule has 5 nitrogen and oxygen atoms in total. The van der Waals surface area contributed by atoms with Crippen LogP contribution in [0.25, 0.3) is 0 Å². The van der Waals surface area contributed by atoms with Crippen molar-refractivity contribution in [3.8, 4) is 5.75 Å². The van der Waals surface area contributed by atoms with Crippen LogP contribution in [0.1, 0.15) is 32.4 Å². The second-order valence-corrected chi connectivity index (χ2v) is 9.16. The molecule has 2 atom stereocenters. The lowest BCUT2D eigenvalue weighted by molar-refractivity contribution is 0.277. The number of nitrogens with zero attached hydrogens (tertiary/aromatic N) is 2. The molecule has 162 valence electrons. The van der Waals surface area contributed by atoms with Gasteiger partial charge >= 0.3 is 0 Å². The lowest BCUT2D eigenvalue weighted by Gasteiger charge is -2.40. The van der Waals surface area contributed by atoms with Crippen molar-refractivity contribution in [2.24, 2.45) is 0 Å². The molecule has 2 aliphatic heterocycles. The Labute approximate surface area is 181 Å². The molecule has 0 aliphatic carbocycles. The highest BCUT2D eigenvalue weighted by Gasteiger charge is 2.33. The van der Waals surface area contributed by atoms with Gasteiger partial charge in [-0.1, -0.05) is 50.3 Å². The zero-order valence-electron chi connectivity index (χ0n) is 18.2. The largest absolute Gasteiger partial charge is 0.489 e. The summed E-state index contributed by atoms with van der Waals surface area (Å²) in [6, 6.07) is 16.1. The fourth-order valence-electron chi connectivity index (χ4n) is 3.89. The van der Waals surface area contributed by atoms with Crippen LogP contribution in [-0.2, 0) is 9.71 Å². The quantitative estimate of drug-likeness (QED) is 0.742. The average Bonchev–Trinajstić information content (AvgIpc) is 2.80. The van der Waals surface area contributed by atoms with E-state index in [1.165, 1.54) is 0 Å². The molecule has 2 aromatic rings. The number of hydrogen-bond acceptors (Lipinski definition) is 4. The monoisotopic (exact) mass is 427 g/mol. The highest BCUT2D eigenvalue weighted by Crippen LogP contribution is 2.43. The van der Waals surface area contributed by atoms with E-state index in [4.69, 9.17) is 4.74 Å². The van der Waals surface area contributed by atoms with Crippen LogP contribution in [0, 0.1) is 0 Å². The van der Waals surface area contributed by atoms with Gasteiger partial charge in [0.2, 0.25) is 0 Å². The number of anilines is 2. The van der Waals surface area contributed by atoms with Gasteiger partial charge in [0.25, 0.3) is 0 Å². The van der Waals surface area contributed by atoms with E-state index >= 15 is 0 Å². The van der Waals surface area contributed by atoms with E-state index in [1.807, 2.05) is 67.6 Å². The van der Waals surface area contributed by atoms with Crippen LogP contribution in [-0.4, -0.2) is 42.9 Å². The first-order chi connectivity index (χ1) is 14.6. The van der Waals surface area contributed by atoms with Gasteiger partial charge in [-0.3, -0.25) is 4.31 Å². The molecule has 1 N–H and O–H groups in total. The Hall–Kier alpha value is -2.44. The Morgan fingerprint density at radius 3 is 2.50 bits per heavy atom. The van der Waals surface area contributed by atoms with E-state index in [2.05, 4.69) is 28.2 Å². The maximum absolute atomic E-state index is 13.5. The summed E-state index contributed by atoms with van der Waals surface area (Å²) in [6.45, 7) is 10.2. The van der Waals surface area contributed by atoms with Crippen molar-refractivity contribution in [3.63, 3.8) is 0 Å². The number of benzene rings is 2. The third-order valence-electron chi connectivity index (χ3n) is 5.21. The van der Waals surface area contributed by atoms with Crippen LogP contribution in [0.4, 0.5) is 11.4 Å². The minimum absolute atomic E-state index is 0.153. The van der Waals surface area contributed by atoms with Crippen LogP contribution in [0.5, 0.6) is 5.75 Å². The molecule has 0 bridgehead atoms. The molecule has 2 aliphatic rings. The summed E-state index contributed by atoms with van der Waals surface area (Å²) in [5.41, 5.74) is 3.04. The molecule has 30 heavy (non-hydrogen) atoms. The zero-order chi connectivity index (χ0) is 21.6. The first kappa shape index (κ1) is 22.2. The number of rotatable bonds is 4. The van der Waals surface area contributed by atoms with Crippen molar-refractivity contribution in [1.29, 1.82) is 0 Å². The molecular weight excluding hydrogens is 394 g/mol. The van der Waals surface area contributed by atoms with Gasteiger partial charge in [-0.05, 0) is 30.5 Å². The second kappa shape index (κ2) is 10.0. The molecule has 2 heterocycles. The maximum Gasteiger partial charge on any atom is 0.145 e. The fraction of sp³-hybridized carbons (Fsp3) is 0.375. The topological polar surface area (TPSA) is 44.8 Å². The van der Waals surface area contributed by atoms with Crippen molar-refractivity contribution >= 4 is 27.0 Å². The standard InChI is InChI=1S/C22H27N3O2S.C2H6/c1-3-15-28(2,26)25-20-10-9-19(24-13-11-23-12-14-24)16-22(20)27-17-21(25)18-7-5-4-6-8-18;1-2/h3-10,15-16,21,23H,2,11-14,17H2,1H3;1-2H3/b15-3+;. The molecule has 1 fully saturated rings. The number of piperazine rings is 1. The van der Waals surface area contributed by atoms with E-state index in [9.17, 15) is 4.21 Å². The first-order valence-corrected chi connectivity index (χ1v) is 12.4. The van der Waals surface area contributed by atoms with Crippen molar-refractivity contribution in [3.05, 3.63) is 65.6 Å². The summed E-state index contributed by atoms with van der Waals surface area (Å²) in [4.78, 5) is 2.35. The Kier molecular flexibility index (Phi) is 7.45. The summed E-state index contributed by atoms with van der Waals surface area (Å²) in [5, 5.41) is 5.07. The second-order valence-electron chi connectivity index (χ2n) is 7.11. The van der Waals surface area contributed by atoms with Gasteiger partial charge in [0.05, 0.1) is 15.4 Å². The van der Waals surface area contributed by atoms with Crippen molar-refractivity contribution in [1.82, 2.24) is 5.32 Å². The van der Waals surface area contributed by atoms with Crippen LogP contribution >= 0.6 is 0 Å². The molecule has 2 unspecified atom stereocenters. The van der Waals surface area contributed by atoms with E-state index in [-0.39, 0.29) is 6.04 Å². The Balaban J connectivity index is 0.00000124. The number of allylic oxidation sites excluding steroid dienone is 1. The third kappa shape index (κ3) is 4.65. The van der Waals surface area contributed by atoms with E-state index in [0.717, 1.165) is 48.9 Å². The number of ether oxygens (including phenoxy) is 1. The van der Waals surface area contributed by atoms with Gasteiger partial charge in [0.15, 0.2) is 0 Å². The van der Waals surface area contributed by atoms with Gasteiger partial charge in [-0.15, -0.1) is 0 Å². The Bertz CT molecular complexity index is 952.